The Balaban J connectivity index is 1.51. The molecule has 26 heavy (non-hydrogen) atoms. The van der Waals surface area contributed by atoms with Gasteiger partial charge in [0.25, 0.3) is 0 Å². The van der Waals surface area contributed by atoms with Crippen molar-refractivity contribution < 1.29 is 13.9 Å². The van der Waals surface area contributed by atoms with E-state index in [2.05, 4.69) is 10.3 Å². The number of benzene rings is 2. The van der Waals surface area contributed by atoms with E-state index in [1.54, 1.807) is 19.2 Å². The number of thiazole rings is 1. The second kappa shape index (κ2) is 8.82. The van der Waals surface area contributed by atoms with Crippen molar-refractivity contribution in [2.75, 3.05) is 12.9 Å². The first-order valence-electron chi connectivity index (χ1n) is 7.88. The van der Waals surface area contributed by atoms with E-state index in [9.17, 15) is 9.18 Å². The zero-order chi connectivity index (χ0) is 18.4. The molecule has 0 unspecified atom stereocenters. The zero-order valence-corrected chi connectivity index (χ0v) is 15.7. The highest BCUT2D eigenvalue weighted by atomic mass is 32.2. The van der Waals surface area contributed by atoms with Crippen LogP contribution in [-0.4, -0.2) is 23.8 Å². The van der Waals surface area contributed by atoms with Gasteiger partial charge < -0.3 is 10.1 Å². The lowest BCUT2D eigenvalue weighted by Gasteiger charge is -2.09. The lowest BCUT2D eigenvalue weighted by atomic mass is 10.2. The fraction of sp³-hybridized carbons (Fsp3) is 0.158. The Kier molecular flexibility index (Phi) is 6.25. The van der Waals surface area contributed by atoms with E-state index in [0.717, 1.165) is 26.9 Å². The van der Waals surface area contributed by atoms with Gasteiger partial charge in [-0.25, -0.2) is 9.37 Å². The van der Waals surface area contributed by atoms with E-state index >= 15 is 0 Å². The Bertz CT molecular complexity index is 881. The highest BCUT2D eigenvalue weighted by Crippen LogP contribution is 2.28. The minimum absolute atomic E-state index is 0.0700. The van der Waals surface area contributed by atoms with Gasteiger partial charge in [0.15, 0.2) is 4.34 Å². The van der Waals surface area contributed by atoms with E-state index < -0.39 is 0 Å². The van der Waals surface area contributed by atoms with Gasteiger partial charge >= 0.3 is 0 Å². The van der Waals surface area contributed by atoms with Crippen molar-refractivity contribution in [1.29, 1.82) is 0 Å². The van der Waals surface area contributed by atoms with Crippen molar-refractivity contribution >= 4 is 29.0 Å². The molecule has 0 bridgehead atoms. The normalized spacial score (nSPS) is 10.5. The lowest BCUT2D eigenvalue weighted by molar-refractivity contribution is -0.118. The average molecular weight is 388 g/mol. The molecule has 0 spiro atoms. The zero-order valence-electron chi connectivity index (χ0n) is 14.1. The molecule has 0 aliphatic carbocycles. The number of hydrogen-bond acceptors (Lipinski definition) is 5. The van der Waals surface area contributed by atoms with Crippen molar-refractivity contribution in [3.05, 3.63) is 65.3 Å². The smallest absolute Gasteiger partial charge is 0.230 e. The summed E-state index contributed by atoms with van der Waals surface area (Å²) in [6.07, 6.45) is 0. The Morgan fingerprint density at radius 2 is 2.00 bits per heavy atom. The first-order valence-corrected chi connectivity index (χ1v) is 9.75. The molecule has 0 fully saturated rings. The van der Waals surface area contributed by atoms with E-state index in [1.165, 1.54) is 35.2 Å². The summed E-state index contributed by atoms with van der Waals surface area (Å²) in [7, 11) is 1.61. The van der Waals surface area contributed by atoms with Gasteiger partial charge in [-0.2, -0.15) is 0 Å². The van der Waals surface area contributed by atoms with Crippen molar-refractivity contribution in [1.82, 2.24) is 10.3 Å². The third-order valence-corrected chi connectivity index (χ3v) is 5.64. The van der Waals surface area contributed by atoms with Gasteiger partial charge in [0, 0.05) is 23.1 Å². The van der Waals surface area contributed by atoms with Crippen LogP contribution in [0.5, 0.6) is 5.75 Å². The summed E-state index contributed by atoms with van der Waals surface area (Å²) in [5, 5.41) is 4.79. The largest absolute Gasteiger partial charge is 0.496 e. The second-order valence-electron chi connectivity index (χ2n) is 5.38. The quantitative estimate of drug-likeness (QED) is 0.611. The average Bonchev–Trinajstić information content (AvgIpc) is 3.14. The number of amides is 1. The fourth-order valence-corrected chi connectivity index (χ4v) is 3.96. The molecular formula is C19H17FN2O2S2. The topological polar surface area (TPSA) is 51.2 Å². The summed E-state index contributed by atoms with van der Waals surface area (Å²) in [4.78, 5) is 16.6. The molecule has 1 amide bonds. The van der Waals surface area contributed by atoms with Gasteiger partial charge in [0.1, 0.15) is 11.6 Å². The maximum absolute atomic E-state index is 13.0. The van der Waals surface area contributed by atoms with Gasteiger partial charge in [-0.3, -0.25) is 4.79 Å². The predicted molar refractivity (Wildman–Crippen MR) is 103 cm³/mol. The van der Waals surface area contributed by atoms with Crippen LogP contribution in [0.1, 0.15) is 5.56 Å². The van der Waals surface area contributed by atoms with E-state index in [-0.39, 0.29) is 17.5 Å². The maximum Gasteiger partial charge on any atom is 0.230 e. The number of halogens is 1. The number of rotatable bonds is 7. The van der Waals surface area contributed by atoms with Crippen LogP contribution >= 0.6 is 23.1 Å². The number of carbonyl (C=O) groups excluding carboxylic acids is 1. The Labute approximate surface area is 159 Å². The molecule has 0 saturated heterocycles. The minimum Gasteiger partial charge on any atom is -0.496 e. The highest BCUT2D eigenvalue weighted by Gasteiger charge is 2.09. The Hall–Kier alpha value is -2.38. The Morgan fingerprint density at radius 3 is 2.77 bits per heavy atom. The summed E-state index contributed by atoms with van der Waals surface area (Å²) < 4.78 is 19.1. The molecule has 0 radical (unpaired) electrons. The molecule has 1 heterocycles. The first kappa shape index (κ1) is 18.4. The molecule has 0 aliphatic rings. The molecule has 1 aromatic heterocycles. The summed E-state index contributed by atoms with van der Waals surface area (Å²) in [5.41, 5.74) is 2.57. The van der Waals surface area contributed by atoms with Gasteiger partial charge in [0.05, 0.1) is 18.6 Å². The number of carbonyl (C=O) groups is 1. The molecular weight excluding hydrogens is 371 g/mol. The molecule has 4 nitrogen and oxygen atoms in total. The minimum atomic E-state index is -0.273. The number of nitrogens with one attached hydrogen (secondary N) is 1. The standard InChI is InChI=1S/C19H17FN2O2S2/c1-24-17-5-3-2-4-14(17)10-21-18(23)12-26-19-22-16(11-25-19)13-6-8-15(20)9-7-13/h2-9,11H,10,12H2,1H3,(H,21,23). The predicted octanol–water partition coefficient (Wildman–Crippen LogP) is 4.37. The molecule has 134 valence electrons. The number of aromatic nitrogens is 1. The summed E-state index contributed by atoms with van der Waals surface area (Å²) >= 11 is 2.85. The molecule has 3 rings (SSSR count). The molecule has 0 atom stereocenters. The van der Waals surface area contributed by atoms with Gasteiger partial charge in [-0.15, -0.1) is 11.3 Å². The van der Waals surface area contributed by atoms with Crippen molar-refractivity contribution in [3.63, 3.8) is 0 Å². The van der Waals surface area contributed by atoms with E-state index in [4.69, 9.17) is 4.74 Å². The van der Waals surface area contributed by atoms with Crippen LogP contribution in [0.3, 0.4) is 0 Å². The first-order chi connectivity index (χ1) is 12.7. The van der Waals surface area contributed by atoms with E-state index in [1.807, 2.05) is 29.6 Å². The van der Waals surface area contributed by atoms with Gasteiger partial charge in [-0.05, 0) is 30.3 Å². The van der Waals surface area contributed by atoms with Crippen LogP contribution in [0, 0.1) is 5.82 Å². The van der Waals surface area contributed by atoms with Crippen LogP contribution in [0.4, 0.5) is 4.39 Å². The SMILES string of the molecule is COc1ccccc1CNC(=O)CSc1nc(-c2ccc(F)cc2)cs1. The number of ether oxygens (including phenoxy) is 1. The molecule has 7 heteroatoms. The van der Waals surface area contributed by atoms with Crippen LogP contribution in [0.2, 0.25) is 0 Å². The third-order valence-electron chi connectivity index (χ3n) is 3.62. The number of para-hydroxylation sites is 1. The van der Waals surface area contributed by atoms with Crippen molar-refractivity contribution in [3.8, 4) is 17.0 Å². The fourth-order valence-electron chi connectivity index (χ4n) is 2.30. The molecule has 0 saturated carbocycles. The highest BCUT2D eigenvalue weighted by molar-refractivity contribution is 8.01. The number of nitrogens with zero attached hydrogens (tertiary/aromatic N) is 1. The lowest BCUT2D eigenvalue weighted by Crippen LogP contribution is -2.24. The summed E-state index contributed by atoms with van der Waals surface area (Å²) in [6.45, 7) is 0.419. The van der Waals surface area contributed by atoms with Crippen molar-refractivity contribution in [2.24, 2.45) is 0 Å². The van der Waals surface area contributed by atoms with Crippen LogP contribution in [0.25, 0.3) is 11.3 Å². The maximum atomic E-state index is 13.0. The van der Waals surface area contributed by atoms with Crippen LogP contribution < -0.4 is 10.1 Å². The molecule has 3 aromatic rings. The number of thioether (sulfide) groups is 1. The molecule has 2 aromatic carbocycles. The monoisotopic (exact) mass is 388 g/mol. The molecule has 1 N–H and O–H groups in total. The summed E-state index contributed by atoms with van der Waals surface area (Å²) in [5.74, 6) is 0.694. The van der Waals surface area contributed by atoms with Gasteiger partial charge in [-0.1, -0.05) is 30.0 Å². The Morgan fingerprint density at radius 1 is 1.23 bits per heavy atom. The third kappa shape index (κ3) is 4.83. The van der Waals surface area contributed by atoms with Crippen LogP contribution in [-0.2, 0) is 11.3 Å². The number of hydrogen-bond donors (Lipinski definition) is 1. The van der Waals surface area contributed by atoms with Crippen LogP contribution in [0.15, 0.2) is 58.3 Å². The number of methoxy groups -OCH3 is 1. The second-order valence-corrected chi connectivity index (χ2v) is 7.46. The summed E-state index contributed by atoms with van der Waals surface area (Å²) in [6, 6.07) is 13.8. The van der Waals surface area contributed by atoms with Gasteiger partial charge in [0.2, 0.25) is 5.91 Å². The van der Waals surface area contributed by atoms with E-state index in [0.29, 0.717) is 6.54 Å². The molecule has 0 aliphatic heterocycles. The van der Waals surface area contributed by atoms with Crippen molar-refractivity contribution in [2.45, 2.75) is 10.9 Å².